The van der Waals surface area contributed by atoms with E-state index in [0.717, 1.165) is 26.8 Å². The molecule has 1 aromatic carbocycles. The van der Waals surface area contributed by atoms with Gasteiger partial charge in [0.1, 0.15) is 0 Å². The maximum absolute atomic E-state index is 5.58. The van der Waals surface area contributed by atoms with Crippen molar-refractivity contribution < 1.29 is 0 Å². The molecule has 3 nitrogen and oxygen atoms in total. The zero-order valence-electron chi connectivity index (χ0n) is 10.2. The highest BCUT2D eigenvalue weighted by atomic mass is 79.9. The second-order valence-electron chi connectivity index (χ2n) is 4.49. The van der Waals surface area contributed by atoms with Crippen molar-refractivity contribution in [2.45, 2.75) is 26.7 Å². The molecule has 1 heterocycles. The Balaban J connectivity index is 2.83. The van der Waals surface area contributed by atoms with Crippen molar-refractivity contribution in [3.63, 3.8) is 0 Å². The fourth-order valence-electron chi connectivity index (χ4n) is 1.79. The molecular formula is C13H16BrN3. The van der Waals surface area contributed by atoms with Gasteiger partial charge in [-0.3, -0.25) is 10.8 Å². The Bertz CT molecular complexity index is 564. The van der Waals surface area contributed by atoms with Gasteiger partial charge in [0.2, 0.25) is 0 Å². The van der Waals surface area contributed by atoms with Gasteiger partial charge in [-0.2, -0.15) is 0 Å². The van der Waals surface area contributed by atoms with Crippen LogP contribution in [0.4, 0.5) is 5.69 Å². The average molecular weight is 294 g/mol. The molecule has 0 atom stereocenters. The number of aromatic nitrogens is 1. The second-order valence-corrected chi connectivity index (χ2v) is 5.28. The number of fused-ring (bicyclic) bond motifs is 1. The molecule has 4 heteroatoms. The van der Waals surface area contributed by atoms with E-state index in [2.05, 4.69) is 48.2 Å². The Labute approximate surface area is 110 Å². The predicted octanol–water partition coefficient (Wildman–Crippen LogP) is 3.71. The first kappa shape index (κ1) is 12.3. The first-order valence-corrected chi connectivity index (χ1v) is 6.40. The van der Waals surface area contributed by atoms with E-state index >= 15 is 0 Å². The molecule has 2 rings (SSSR count). The number of hydrogen-bond acceptors (Lipinski definition) is 3. The molecule has 90 valence electrons. The number of nitrogens with one attached hydrogen (secondary N) is 1. The third-order valence-electron chi connectivity index (χ3n) is 2.88. The van der Waals surface area contributed by atoms with Gasteiger partial charge in [-0.1, -0.05) is 26.0 Å². The largest absolute Gasteiger partial charge is 0.323 e. The SMILES string of the molecule is Cc1ccc2c(NN)cc(C(C)C)nc2c1Br. The first-order valence-electron chi connectivity index (χ1n) is 5.61. The van der Waals surface area contributed by atoms with E-state index in [1.807, 2.05) is 12.1 Å². The molecule has 0 aliphatic rings. The second kappa shape index (κ2) is 4.63. The van der Waals surface area contributed by atoms with Gasteiger partial charge in [0.15, 0.2) is 0 Å². The van der Waals surface area contributed by atoms with E-state index in [0.29, 0.717) is 5.92 Å². The molecule has 17 heavy (non-hydrogen) atoms. The lowest BCUT2D eigenvalue weighted by Crippen LogP contribution is -2.09. The number of aryl methyl sites for hydroxylation is 1. The van der Waals surface area contributed by atoms with E-state index in [4.69, 9.17) is 10.8 Å². The maximum atomic E-state index is 5.58. The number of nitrogen functional groups attached to an aromatic ring is 1. The van der Waals surface area contributed by atoms with Gasteiger partial charge >= 0.3 is 0 Å². The zero-order valence-corrected chi connectivity index (χ0v) is 11.8. The number of rotatable bonds is 2. The molecular weight excluding hydrogens is 278 g/mol. The van der Waals surface area contributed by atoms with Crippen molar-refractivity contribution in [1.29, 1.82) is 0 Å². The Morgan fingerprint density at radius 1 is 1.35 bits per heavy atom. The molecule has 0 aliphatic heterocycles. The van der Waals surface area contributed by atoms with Crippen LogP contribution in [0.1, 0.15) is 31.0 Å². The van der Waals surface area contributed by atoms with Crippen LogP contribution < -0.4 is 11.3 Å². The number of anilines is 1. The molecule has 0 spiro atoms. The lowest BCUT2D eigenvalue weighted by Gasteiger charge is -2.13. The van der Waals surface area contributed by atoms with E-state index in [9.17, 15) is 0 Å². The monoisotopic (exact) mass is 293 g/mol. The highest BCUT2D eigenvalue weighted by Crippen LogP contribution is 2.32. The van der Waals surface area contributed by atoms with Crippen LogP contribution in [-0.2, 0) is 0 Å². The minimum absolute atomic E-state index is 0.374. The van der Waals surface area contributed by atoms with Crippen molar-refractivity contribution in [2.75, 3.05) is 5.43 Å². The predicted molar refractivity (Wildman–Crippen MR) is 76.1 cm³/mol. The minimum Gasteiger partial charge on any atom is -0.323 e. The number of halogens is 1. The van der Waals surface area contributed by atoms with Gasteiger partial charge in [-0.15, -0.1) is 0 Å². The van der Waals surface area contributed by atoms with Crippen LogP contribution in [0.15, 0.2) is 22.7 Å². The molecule has 0 unspecified atom stereocenters. The normalized spacial score (nSPS) is 11.2. The van der Waals surface area contributed by atoms with Gasteiger partial charge in [0.25, 0.3) is 0 Å². The van der Waals surface area contributed by atoms with Gasteiger partial charge in [-0.05, 0) is 40.4 Å². The number of hydrazine groups is 1. The summed E-state index contributed by atoms with van der Waals surface area (Å²) < 4.78 is 1.04. The molecule has 0 saturated carbocycles. The molecule has 0 fully saturated rings. The van der Waals surface area contributed by atoms with Crippen molar-refractivity contribution in [2.24, 2.45) is 5.84 Å². The van der Waals surface area contributed by atoms with Crippen LogP contribution in [0.25, 0.3) is 10.9 Å². The molecule has 0 aliphatic carbocycles. The van der Waals surface area contributed by atoms with Gasteiger partial charge in [0.05, 0.1) is 11.2 Å². The Morgan fingerprint density at radius 3 is 2.65 bits per heavy atom. The van der Waals surface area contributed by atoms with Crippen LogP contribution in [0.2, 0.25) is 0 Å². The quantitative estimate of drug-likeness (QED) is 0.655. The van der Waals surface area contributed by atoms with Crippen LogP contribution in [0.5, 0.6) is 0 Å². The van der Waals surface area contributed by atoms with E-state index in [-0.39, 0.29) is 0 Å². The first-order chi connectivity index (χ1) is 8.04. The fourth-order valence-corrected chi connectivity index (χ4v) is 2.23. The van der Waals surface area contributed by atoms with Crippen LogP contribution in [0.3, 0.4) is 0 Å². The number of hydrogen-bond donors (Lipinski definition) is 2. The Hall–Kier alpha value is -1.13. The number of nitrogens with zero attached hydrogens (tertiary/aromatic N) is 1. The number of nitrogens with two attached hydrogens (primary N) is 1. The molecule has 0 bridgehead atoms. The van der Waals surface area contributed by atoms with Crippen molar-refractivity contribution in [1.82, 2.24) is 4.98 Å². The van der Waals surface area contributed by atoms with Gasteiger partial charge < -0.3 is 5.43 Å². The highest BCUT2D eigenvalue weighted by molar-refractivity contribution is 9.10. The third kappa shape index (κ3) is 2.15. The third-order valence-corrected chi connectivity index (χ3v) is 3.88. The standard InChI is InChI=1S/C13H16BrN3/c1-7(2)10-6-11(17-15)9-5-4-8(3)12(14)13(9)16-10/h4-7H,15H2,1-3H3,(H,16,17). The Kier molecular flexibility index (Phi) is 3.35. The van der Waals surface area contributed by atoms with Crippen molar-refractivity contribution in [3.8, 4) is 0 Å². The van der Waals surface area contributed by atoms with Crippen molar-refractivity contribution >= 4 is 32.5 Å². The summed E-state index contributed by atoms with van der Waals surface area (Å²) in [6.45, 7) is 6.30. The summed E-state index contributed by atoms with van der Waals surface area (Å²) in [6, 6.07) is 6.11. The lowest BCUT2D eigenvalue weighted by atomic mass is 10.1. The van der Waals surface area contributed by atoms with Crippen LogP contribution in [0, 0.1) is 6.92 Å². The number of benzene rings is 1. The minimum atomic E-state index is 0.374. The molecule has 0 amide bonds. The molecule has 3 N–H and O–H groups in total. The average Bonchev–Trinajstić information content (AvgIpc) is 2.32. The summed E-state index contributed by atoms with van der Waals surface area (Å²) in [6.07, 6.45) is 0. The Morgan fingerprint density at radius 2 is 2.06 bits per heavy atom. The summed E-state index contributed by atoms with van der Waals surface area (Å²) in [4.78, 5) is 4.70. The van der Waals surface area contributed by atoms with Gasteiger partial charge in [0, 0.05) is 15.6 Å². The maximum Gasteiger partial charge on any atom is 0.0871 e. The summed E-state index contributed by atoms with van der Waals surface area (Å²) >= 11 is 3.60. The van der Waals surface area contributed by atoms with E-state index in [1.165, 1.54) is 5.56 Å². The molecule has 0 saturated heterocycles. The zero-order chi connectivity index (χ0) is 12.6. The molecule has 1 aromatic heterocycles. The topological polar surface area (TPSA) is 50.9 Å². The van der Waals surface area contributed by atoms with Crippen LogP contribution in [-0.4, -0.2) is 4.98 Å². The summed E-state index contributed by atoms with van der Waals surface area (Å²) in [5, 5.41) is 1.04. The van der Waals surface area contributed by atoms with Gasteiger partial charge in [-0.25, -0.2) is 0 Å². The fraction of sp³-hybridized carbons (Fsp3) is 0.308. The number of pyridine rings is 1. The van der Waals surface area contributed by atoms with Crippen molar-refractivity contribution in [3.05, 3.63) is 33.9 Å². The van der Waals surface area contributed by atoms with E-state index in [1.54, 1.807) is 0 Å². The smallest absolute Gasteiger partial charge is 0.0871 e. The summed E-state index contributed by atoms with van der Waals surface area (Å²) in [5.74, 6) is 5.95. The van der Waals surface area contributed by atoms with E-state index < -0.39 is 0 Å². The lowest BCUT2D eigenvalue weighted by molar-refractivity contribution is 0.830. The molecule has 0 radical (unpaired) electrons. The molecule has 2 aromatic rings. The highest BCUT2D eigenvalue weighted by Gasteiger charge is 2.11. The summed E-state index contributed by atoms with van der Waals surface area (Å²) in [5.41, 5.74) is 6.84. The summed E-state index contributed by atoms with van der Waals surface area (Å²) in [7, 11) is 0. The van der Waals surface area contributed by atoms with Crippen LogP contribution >= 0.6 is 15.9 Å².